The fraction of sp³-hybridized carbons (Fsp3) is 0.429. The van der Waals surface area contributed by atoms with E-state index in [2.05, 4.69) is 5.32 Å². The highest BCUT2D eigenvalue weighted by atomic mass is 16.5. The van der Waals surface area contributed by atoms with Crippen molar-refractivity contribution >= 4 is 11.8 Å². The van der Waals surface area contributed by atoms with Crippen molar-refractivity contribution in [2.75, 3.05) is 13.1 Å². The smallest absolute Gasteiger partial charge is 0.287 e. The van der Waals surface area contributed by atoms with Gasteiger partial charge < -0.3 is 19.4 Å². The Balaban J connectivity index is 1.73. The number of hydrogen-bond donors (Lipinski definition) is 1. The molecule has 0 saturated carbocycles. The van der Waals surface area contributed by atoms with Crippen LogP contribution in [0.2, 0.25) is 0 Å². The van der Waals surface area contributed by atoms with Crippen LogP contribution in [0, 0.1) is 5.92 Å². The Morgan fingerprint density at radius 3 is 2.48 bits per heavy atom. The number of nitrogens with zero attached hydrogens (tertiary/aromatic N) is 1. The van der Waals surface area contributed by atoms with E-state index in [0.29, 0.717) is 13.1 Å². The van der Waals surface area contributed by atoms with Crippen molar-refractivity contribution < 1.29 is 18.7 Å². The Labute approximate surface area is 159 Å². The normalized spacial score (nSPS) is 21.1. The average Bonchev–Trinajstić information content (AvgIpc) is 3.20. The summed E-state index contributed by atoms with van der Waals surface area (Å²) in [7, 11) is 0. The quantitative estimate of drug-likeness (QED) is 0.878. The Hall–Kier alpha value is -2.60. The summed E-state index contributed by atoms with van der Waals surface area (Å²) in [4.78, 5) is 27.3. The first-order chi connectivity index (χ1) is 13.0. The summed E-state index contributed by atoms with van der Waals surface area (Å²) < 4.78 is 11.2. The van der Waals surface area contributed by atoms with Gasteiger partial charge in [-0.3, -0.25) is 9.59 Å². The first kappa shape index (κ1) is 19.2. The molecule has 27 heavy (non-hydrogen) atoms. The van der Waals surface area contributed by atoms with Crippen molar-refractivity contribution in [3.8, 4) is 0 Å². The van der Waals surface area contributed by atoms with Gasteiger partial charge in [-0.05, 0) is 30.5 Å². The summed E-state index contributed by atoms with van der Waals surface area (Å²) in [6, 6.07) is 12.5. The van der Waals surface area contributed by atoms with E-state index in [1.54, 1.807) is 17.0 Å². The zero-order valence-corrected chi connectivity index (χ0v) is 15.9. The van der Waals surface area contributed by atoms with E-state index in [-0.39, 0.29) is 35.7 Å². The van der Waals surface area contributed by atoms with Crippen molar-refractivity contribution in [3.63, 3.8) is 0 Å². The molecule has 3 atom stereocenters. The number of hydrogen-bond acceptors (Lipinski definition) is 4. The molecule has 1 aliphatic heterocycles. The van der Waals surface area contributed by atoms with E-state index in [1.807, 2.05) is 51.1 Å². The molecule has 0 radical (unpaired) electrons. The Bertz CT molecular complexity index is 758. The third kappa shape index (κ3) is 4.57. The van der Waals surface area contributed by atoms with E-state index in [4.69, 9.17) is 9.15 Å². The predicted octanol–water partition coefficient (Wildman–Crippen LogP) is 3.02. The van der Waals surface area contributed by atoms with Crippen molar-refractivity contribution in [3.05, 3.63) is 60.1 Å². The van der Waals surface area contributed by atoms with Gasteiger partial charge in [0.1, 0.15) is 12.1 Å². The first-order valence-electron chi connectivity index (χ1n) is 9.29. The number of nitrogens with one attached hydrogen (secondary N) is 1. The standard InChI is InChI=1S/C21H26N2O4/c1-14(2)19(22-20(24)17-10-7-11-26-17)21(25)23-12-15(3)27-18(13-23)16-8-5-4-6-9-16/h4-11,14-15,18-19H,12-13H2,1-3H3,(H,22,24)/t15-,18+,19+/m1/s1. The summed E-state index contributed by atoms with van der Waals surface area (Å²) in [5.41, 5.74) is 1.04. The van der Waals surface area contributed by atoms with Crippen LogP contribution < -0.4 is 5.32 Å². The van der Waals surface area contributed by atoms with Gasteiger partial charge >= 0.3 is 0 Å². The molecule has 1 aromatic carbocycles. The summed E-state index contributed by atoms with van der Waals surface area (Å²) in [6.45, 7) is 6.77. The van der Waals surface area contributed by atoms with Crippen LogP contribution in [0.4, 0.5) is 0 Å². The van der Waals surface area contributed by atoms with Gasteiger partial charge in [0.2, 0.25) is 5.91 Å². The molecule has 1 fully saturated rings. The van der Waals surface area contributed by atoms with Gasteiger partial charge in [0.15, 0.2) is 5.76 Å². The number of rotatable bonds is 5. The highest BCUT2D eigenvalue weighted by Crippen LogP contribution is 2.26. The summed E-state index contributed by atoms with van der Waals surface area (Å²) in [5, 5.41) is 2.82. The minimum Gasteiger partial charge on any atom is -0.459 e. The molecule has 1 saturated heterocycles. The van der Waals surface area contributed by atoms with Crippen molar-refractivity contribution in [1.82, 2.24) is 10.2 Å². The van der Waals surface area contributed by atoms with E-state index < -0.39 is 6.04 Å². The Morgan fingerprint density at radius 1 is 1.11 bits per heavy atom. The van der Waals surface area contributed by atoms with E-state index in [0.717, 1.165) is 5.56 Å². The number of ether oxygens (including phenoxy) is 1. The molecule has 1 aliphatic rings. The number of amides is 2. The molecule has 0 aliphatic carbocycles. The maximum absolute atomic E-state index is 13.2. The molecule has 6 nitrogen and oxygen atoms in total. The highest BCUT2D eigenvalue weighted by molar-refractivity contribution is 5.95. The van der Waals surface area contributed by atoms with Crippen LogP contribution >= 0.6 is 0 Å². The molecule has 6 heteroatoms. The van der Waals surface area contributed by atoms with Crippen LogP contribution in [-0.2, 0) is 9.53 Å². The number of carbonyl (C=O) groups excluding carboxylic acids is 2. The lowest BCUT2D eigenvalue weighted by Crippen LogP contribution is -2.55. The van der Waals surface area contributed by atoms with E-state index in [9.17, 15) is 9.59 Å². The minimum atomic E-state index is -0.621. The SMILES string of the molecule is CC(C)[C@H](NC(=O)c1ccco1)C(=O)N1C[C@@H](C)O[C@H](c2ccccc2)C1. The van der Waals surface area contributed by atoms with Gasteiger partial charge in [0.25, 0.3) is 5.91 Å². The van der Waals surface area contributed by atoms with Crippen LogP contribution in [0.1, 0.15) is 43.0 Å². The second-order valence-corrected chi connectivity index (χ2v) is 7.26. The van der Waals surface area contributed by atoms with Gasteiger partial charge in [0, 0.05) is 6.54 Å². The first-order valence-corrected chi connectivity index (χ1v) is 9.29. The molecule has 2 heterocycles. The number of morpholine rings is 1. The molecule has 3 rings (SSSR count). The molecule has 0 unspecified atom stereocenters. The zero-order chi connectivity index (χ0) is 19.4. The Kier molecular flexibility index (Phi) is 5.96. The molecular weight excluding hydrogens is 344 g/mol. The van der Waals surface area contributed by atoms with Gasteiger partial charge in [-0.15, -0.1) is 0 Å². The van der Waals surface area contributed by atoms with Crippen molar-refractivity contribution in [2.45, 2.75) is 39.0 Å². The maximum Gasteiger partial charge on any atom is 0.287 e. The number of benzene rings is 1. The number of carbonyl (C=O) groups is 2. The summed E-state index contributed by atoms with van der Waals surface area (Å²) in [5.74, 6) is -0.329. The van der Waals surface area contributed by atoms with Crippen molar-refractivity contribution in [2.24, 2.45) is 5.92 Å². The zero-order valence-electron chi connectivity index (χ0n) is 15.9. The van der Waals surface area contributed by atoms with Crippen LogP contribution in [0.5, 0.6) is 0 Å². The topological polar surface area (TPSA) is 71.8 Å². The molecular formula is C21H26N2O4. The molecule has 0 bridgehead atoms. The van der Waals surface area contributed by atoms with Gasteiger partial charge in [0.05, 0.1) is 18.9 Å². The molecule has 144 valence electrons. The van der Waals surface area contributed by atoms with Crippen LogP contribution in [0.15, 0.2) is 53.1 Å². The Morgan fingerprint density at radius 2 is 1.85 bits per heavy atom. The third-order valence-electron chi connectivity index (χ3n) is 4.71. The molecule has 2 amide bonds. The van der Waals surface area contributed by atoms with E-state index in [1.165, 1.54) is 6.26 Å². The third-order valence-corrected chi connectivity index (χ3v) is 4.71. The summed E-state index contributed by atoms with van der Waals surface area (Å²) in [6.07, 6.45) is 1.18. The summed E-state index contributed by atoms with van der Waals surface area (Å²) >= 11 is 0. The van der Waals surface area contributed by atoms with Crippen LogP contribution in [0.3, 0.4) is 0 Å². The van der Waals surface area contributed by atoms with Crippen LogP contribution in [0.25, 0.3) is 0 Å². The fourth-order valence-electron chi connectivity index (χ4n) is 3.31. The minimum absolute atomic E-state index is 0.0512. The van der Waals surface area contributed by atoms with Gasteiger partial charge in [-0.25, -0.2) is 0 Å². The van der Waals surface area contributed by atoms with Gasteiger partial charge in [-0.1, -0.05) is 44.2 Å². The molecule has 0 spiro atoms. The lowest BCUT2D eigenvalue weighted by molar-refractivity contribution is -0.147. The van der Waals surface area contributed by atoms with Crippen molar-refractivity contribution in [1.29, 1.82) is 0 Å². The fourth-order valence-corrected chi connectivity index (χ4v) is 3.31. The molecule has 1 aromatic heterocycles. The second kappa shape index (κ2) is 8.39. The van der Waals surface area contributed by atoms with E-state index >= 15 is 0 Å². The largest absolute Gasteiger partial charge is 0.459 e. The predicted molar refractivity (Wildman–Crippen MR) is 101 cm³/mol. The van der Waals surface area contributed by atoms with Crippen LogP contribution in [-0.4, -0.2) is 41.9 Å². The number of furan rings is 1. The average molecular weight is 370 g/mol. The molecule has 1 N–H and O–H groups in total. The maximum atomic E-state index is 13.2. The lowest BCUT2D eigenvalue weighted by Gasteiger charge is -2.39. The molecule has 2 aromatic rings. The monoisotopic (exact) mass is 370 g/mol. The van der Waals surface area contributed by atoms with Gasteiger partial charge in [-0.2, -0.15) is 0 Å². The lowest BCUT2D eigenvalue weighted by atomic mass is 10.0. The second-order valence-electron chi connectivity index (χ2n) is 7.26. The highest BCUT2D eigenvalue weighted by Gasteiger charge is 2.35.